The molecule has 1 aliphatic heterocycles. The number of hydrogen-bond donors (Lipinski definition) is 2. The second kappa shape index (κ2) is 5.40. The molecule has 3 rings (SSSR count). The normalized spacial score (nSPS) is 20.7. The Bertz CT molecular complexity index is 580. The molecule has 0 radical (unpaired) electrons. The van der Waals surface area contributed by atoms with Gasteiger partial charge in [0.25, 0.3) is 5.91 Å². The van der Waals surface area contributed by atoms with Gasteiger partial charge in [-0.2, -0.15) is 0 Å². The number of β-amino-alcohol motifs (C(OH)–C–C–N with tert-alkyl or cyclic N) is 1. The van der Waals surface area contributed by atoms with Crippen molar-refractivity contribution in [2.75, 3.05) is 19.6 Å². The number of hydrogen-bond acceptors (Lipinski definition) is 4. The van der Waals surface area contributed by atoms with Crippen molar-refractivity contribution in [3.63, 3.8) is 0 Å². The largest absolute Gasteiger partial charge is 0.387 e. The second-order valence-electron chi connectivity index (χ2n) is 5.88. The van der Waals surface area contributed by atoms with Crippen LogP contribution in [0.5, 0.6) is 0 Å². The van der Waals surface area contributed by atoms with Crippen LogP contribution in [-0.2, 0) is 4.79 Å². The van der Waals surface area contributed by atoms with E-state index in [9.17, 15) is 14.7 Å². The monoisotopic (exact) mass is 308 g/mol. The molecule has 0 spiro atoms. The number of nitrogens with zero attached hydrogens (tertiary/aromatic N) is 1. The minimum absolute atomic E-state index is 0.116. The van der Waals surface area contributed by atoms with E-state index in [1.165, 1.54) is 0 Å². The van der Waals surface area contributed by atoms with Crippen molar-refractivity contribution in [3.8, 4) is 0 Å². The van der Waals surface area contributed by atoms with Crippen LogP contribution in [-0.4, -0.2) is 47.1 Å². The van der Waals surface area contributed by atoms with Crippen molar-refractivity contribution in [1.29, 1.82) is 0 Å². The van der Waals surface area contributed by atoms with Gasteiger partial charge in [-0.3, -0.25) is 19.8 Å². The summed E-state index contributed by atoms with van der Waals surface area (Å²) in [6.07, 6.45) is 2.14. The van der Waals surface area contributed by atoms with E-state index < -0.39 is 11.5 Å². The van der Waals surface area contributed by atoms with E-state index in [0.717, 1.165) is 12.8 Å². The van der Waals surface area contributed by atoms with Crippen molar-refractivity contribution in [2.45, 2.75) is 18.4 Å². The lowest BCUT2D eigenvalue weighted by Gasteiger charge is -2.46. The van der Waals surface area contributed by atoms with Crippen molar-refractivity contribution >= 4 is 23.4 Å². The summed E-state index contributed by atoms with van der Waals surface area (Å²) in [5, 5.41) is 12.8. The Morgan fingerprint density at radius 3 is 2.62 bits per heavy atom. The standard InChI is InChI=1S/C15H17ClN2O3/c16-12-4-2-1-3-11(12)14(20)17-13(19)7-18-8-15(21,9-18)10-5-6-10/h1-4,10,21H,5-9H2,(H,17,19,20). The van der Waals surface area contributed by atoms with Crippen LogP contribution in [0.15, 0.2) is 24.3 Å². The summed E-state index contributed by atoms with van der Waals surface area (Å²) in [7, 11) is 0. The van der Waals surface area contributed by atoms with E-state index in [1.807, 2.05) is 4.90 Å². The van der Waals surface area contributed by atoms with Crippen molar-refractivity contribution in [3.05, 3.63) is 34.9 Å². The van der Waals surface area contributed by atoms with Crippen LogP contribution in [0.1, 0.15) is 23.2 Å². The molecule has 0 atom stereocenters. The number of rotatable bonds is 4. The summed E-state index contributed by atoms with van der Waals surface area (Å²) in [6.45, 7) is 1.13. The molecular weight excluding hydrogens is 292 g/mol. The summed E-state index contributed by atoms with van der Waals surface area (Å²) in [5.74, 6) is -0.483. The Morgan fingerprint density at radius 1 is 1.33 bits per heavy atom. The highest BCUT2D eigenvalue weighted by molar-refractivity contribution is 6.34. The molecule has 1 saturated carbocycles. The third-order valence-electron chi connectivity index (χ3n) is 4.07. The molecule has 0 aromatic heterocycles. The molecule has 1 saturated heterocycles. The molecule has 21 heavy (non-hydrogen) atoms. The SMILES string of the molecule is O=C(CN1CC(O)(C2CC2)C1)NC(=O)c1ccccc1Cl. The zero-order valence-electron chi connectivity index (χ0n) is 11.5. The zero-order chi connectivity index (χ0) is 15.0. The highest BCUT2D eigenvalue weighted by Gasteiger charge is 2.51. The van der Waals surface area contributed by atoms with E-state index in [-0.39, 0.29) is 18.0 Å². The van der Waals surface area contributed by atoms with E-state index >= 15 is 0 Å². The number of amides is 2. The predicted molar refractivity (Wildman–Crippen MR) is 78.0 cm³/mol. The maximum atomic E-state index is 11.9. The summed E-state index contributed by atoms with van der Waals surface area (Å²) in [5.41, 5.74) is -0.335. The Balaban J connectivity index is 1.49. The number of benzene rings is 1. The third-order valence-corrected chi connectivity index (χ3v) is 4.40. The number of aliphatic hydroxyl groups is 1. The highest BCUT2D eigenvalue weighted by Crippen LogP contribution is 2.44. The molecule has 6 heteroatoms. The van der Waals surface area contributed by atoms with E-state index in [4.69, 9.17) is 11.6 Å². The lowest BCUT2D eigenvalue weighted by Crippen LogP contribution is -2.64. The summed E-state index contributed by atoms with van der Waals surface area (Å²) in [4.78, 5) is 25.6. The third kappa shape index (κ3) is 3.10. The molecule has 0 bridgehead atoms. The van der Waals surface area contributed by atoms with Gasteiger partial charge in [0.2, 0.25) is 5.91 Å². The Morgan fingerprint density at radius 2 is 2.00 bits per heavy atom. The maximum Gasteiger partial charge on any atom is 0.259 e. The maximum absolute atomic E-state index is 11.9. The molecule has 1 aromatic carbocycles. The fraction of sp³-hybridized carbons (Fsp3) is 0.467. The molecule has 2 fully saturated rings. The fourth-order valence-electron chi connectivity index (χ4n) is 2.80. The van der Waals surface area contributed by atoms with Crippen LogP contribution in [0.25, 0.3) is 0 Å². The number of nitrogens with one attached hydrogen (secondary N) is 1. The fourth-order valence-corrected chi connectivity index (χ4v) is 3.02. The van der Waals surface area contributed by atoms with Crippen molar-refractivity contribution < 1.29 is 14.7 Å². The van der Waals surface area contributed by atoms with Crippen LogP contribution < -0.4 is 5.32 Å². The molecule has 2 amide bonds. The van der Waals surface area contributed by atoms with Gasteiger partial charge in [0.15, 0.2) is 0 Å². The van der Waals surface area contributed by atoms with Gasteiger partial charge >= 0.3 is 0 Å². The van der Waals surface area contributed by atoms with Crippen molar-refractivity contribution in [2.24, 2.45) is 5.92 Å². The molecule has 1 aliphatic carbocycles. The minimum Gasteiger partial charge on any atom is -0.387 e. The topological polar surface area (TPSA) is 69.6 Å². The molecule has 112 valence electrons. The van der Waals surface area contributed by atoms with Gasteiger partial charge in [-0.05, 0) is 30.9 Å². The van der Waals surface area contributed by atoms with Gasteiger partial charge in [0, 0.05) is 13.1 Å². The Hall–Kier alpha value is -1.43. The van der Waals surface area contributed by atoms with Crippen LogP contribution in [0.3, 0.4) is 0 Å². The molecule has 2 N–H and O–H groups in total. The second-order valence-corrected chi connectivity index (χ2v) is 6.29. The quantitative estimate of drug-likeness (QED) is 0.872. The molecule has 1 aromatic rings. The molecule has 5 nitrogen and oxygen atoms in total. The summed E-state index contributed by atoms with van der Waals surface area (Å²) >= 11 is 5.91. The average Bonchev–Trinajstić information content (AvgIpc) is 3.21. The van der Waals surface area contributed by atoms with Crippen LogP contribution >= 0.6 is 11.6 Å². The first-order valence-electron chi connectivity index (χ1n) is 7.01. The zero-order valence-corrected chi connectivity index (χ0v) is 12.3. The Kier molecular flexibility index (Phi) is 3.73. The van der Waals surface area contributed by atoms with Crippen LogP contribution in [0.2, 0.25) is 5.02 Å². The first-order valence-corrected chi connectivity index (χ1v) is 7.39. The highest BCUT2D eigenvalue weighted by atomic mass is 35.5. The lowest BCUT2D eigenvalue weighted by atomic mass is 9.89. The number of likely N-dealkylation sites (tertiary alicyclic amines) is 1. The number of halogens is 1. The van der Waals surface area contributed by atoms with Gasteiger partial charge in [-0.1, -0.05) is 23.7 Å². The lowest BCUT2D eigenvalue weighted by molar-refractivity contribution is -0.135. The molecule has 2 aliphatic rings. The minimum atomic E-state index is -0.618. The molecule has 0 unspecified atom stereocenters. The van der Waals surface area contributed by atoms with E-state index in [2.05, 4.69) is 5.32 Å². The molecular formula is C15H17ClN2O3. The van der Waals surface area contributed by atoms with Crippen molar-refractivity contribution in [1.82, 2.24) is 10.2 Å². The van der Waals surface area contributed by atoms with Gasteiger partial charge in [0.1, 0.15) is 0 Å². The first-order chi connectivity index (χ1) is 9.98. The van der Waals surface area contributed by atoms with Gasteiger partial charge in [0.05, 0.1) is 22.7 Å². The molecule has 1 heterocycles. The number of imide groups is 1. The predicted octanol–water partition coefficient (Wildman–Crippen LogP) is 1.05. The van der Waals surface area contributed by atoms with Crippen LogP contribution in [0, 0.1) is 5.92 Å². The van der Waals surface area contributed by atoms with E-state index in [1.54, 1.807) is 24.3 Å². The van der Waals surface area contributed by atoms with Gasteiger partial charge < -0.3 is 5.11 Å². The van der Waals surface area contributed by atoms with Gasteiger partial charge in [-0.15, -0.1) is 0 Å². The van der Waals surface area contributed by atoms with E-state index in [0.29, 0.717) is 24.0 Å². The average molecular weight is 309 g/mol. The van der Waals surface area contributed by atoms with Crippen LogP contribution in [0.4, 0.5) is 0 Å². The number of carbonyl (C=O) groups is 2. The first kappa shape index (κ1) is 14.5. The summed E-state index contributed by atoms with van der Waals surface area (Å²) in [6, 6.07) is 6.59. The smallest absolute Gasteiger partial charge is 0.259 e. The van der Waals surface area contributed by atoms with Gasteiger partial charge in [-0.25, -0.2) is 0 Å². The summed E-state index contributed by atoms with van der Waals surface area (Å²) < 4.78 is 0. The Labute approximate surface area is 127 Å². The number of carbonyl (C=O) groups excluding carboxylic acids is 2.